The van der Waals surface area contributed by atoms with E-state index in [-0.39, 0.29) is 7.92 Å². The Morgan fingerprint density at radius 1 is 0.842 bits per heavy atom. The fourth-order valence-electron chi connectivity index (χ4n) is 3.78. The third-order valence-corrected chi connectivity index (χ3v) is 8.37. The molecule has 110 valence electrons. The van der Waals surface area contributed by atoms with Gasteiger partial charge in [-0.3, -0.25) is 0 Å². The van der Waals surface area contributed by atoms with Crippen molar-refractivity contribution in [1.82, 2.24) is 0 Å². The molecule has 0 atom stereocenters. The molecule has 0 bridgehead atoms. The maximum atomic E-state index is 5.14. The van der Waals surface area contributed by atoms with E-state index in [9.17, 15) is 0 Å². The number of hydrogen-bond acceptors (Lipinski definition) is 1. The van der Waals surface area contributed by atoms with Crippen LogP contribution in [-0.4, -0.2) is 31.2 Å². The van der Waals surface area contributed by atoms with E-state index in [4.69, 9.17) is 4.74 Å². The van der Waals surface area contributed by atoms with E-state index >= 15 is 0 Å². The zero-order valence-electron chi connectivity index (χ0n) is 12.7. The molecule has 1 nitrogen and oxygen atoms in total. The molecule has 0 radical (unpaired) electrons. The maximum absolute atomic E-state index is 5.14. The number of allylic oxidation sites excluding steroid dienone is 1. The molecule has 2 aliphatic rings. The molecule has 2 aliphatic carbocycles. The minimum atomic E-state index is 0.244. The summed E-state index contributed by atoms with van der Waals surface area (Å²) >= 11 is 0. The normalized spacial score (nSPS) is 23.5. The molecule has 0 aliphatic heterocycles. The van der Waals surface area contributed by atoms with E-state index in [0.29, 0.717) is 0 Å². The lowest BCUT2D eigenvalue weighted by Gasteiger charge is -2.38. The molecule has 0 heterocycles. The highest BCUT2D eigenvalue weighted by Crippen LogP contribution is 2.55. The summed E-state index contributed by atoms with van der Waals surface area (Å²) in [5, 5.41) is 0. The monoisotopic (exact) mass is 282 g/mol. The zero-order valence-corrected chi connectivity index (χ0v) is 13.5. The van der Waals surface area contributed by atoms with Gasteiger partial charge in [0, 0.05) is 7.11 Å². The average molecular weight is 282 g/mol. The van der Waals surface area contributed by atoms with Gasteiger partial charge in [-0.05, 0) is 43.2 Å². The van der Waals surface area contributed by atoms with Gasteiger partial charge < -0.3 is 4.74 Å². The van der Waals surface area contributed by atoms with Crippen LogP contribution in [0.4, 0.5) is 0 Å². The molecule has 0 saturated heterocycles. The Balaban J connectivity index is 1.90. The topological polar surface area (TPSA) is 9.23 Å². The Hall–Kier alpha value is 0.130. The predicted octanol–water partition coefficient (Wildman–Crippen LogP) is 5.34. The summed E-state index contributed by atoms with van der Waals surface area (Å²) in [5.41, 5.74) is 2.16. The summed E-state index contributed by atoms with van der Waals surface area (Å²) < 4.78 is 5.14. The predicted molar refractivity (Wildman–Crippen MR) is 86.5 cm³/mol. The maximum Gasteiger partial charge on any atom is 0.0643 e. The number of methoxy groups -OCH3 is 1. The zero-order chi connectivity index (χ0) is 13.3. The second-order valence-corrected chi connectivity index (χ2v) is 9.06. The van der Waals surface area contributed by atoms with Crippen LogP contribution < -0.4 is 0 Å². The molecule has 0 N–H and O–H groups in total. The summed E-state index contributed by atoms with van der Waals surface area (Å²) in [6, 6.07) is 0. The molecule has 0 unspecified atom stereocenters. The van der Waals surface area contributed by atoms with Crippen molar-refractivity contribution in [3.8, 4) is 0 Å². The van der Waals surface area contributed by atoms with E-state index in [2.05, 4.69) is 12.2 Å². The molecule has 19 heavy (non-hydrogen) atoms. The first-order chi connectivity index (χ1) is 9.42. The molecule has 2 rings (SSSR count). The van der Waals surface area contributed by atoms with Gasteiger partial charge in [0.15, 0.2) is 0 Å². The lowest BCUT2D eigenvalue weighted by atomic mass is 9.99. The summed E-state index contributed by atoms with van der Waals surface area (Å²) in [6.07, 6.45) is 21.1. The summed E-state index contributed by atoms with van der Waals surface area (Å²) in [4.78, 5) is 0. The van der Waals surface area contributed by atoms with Crippen molar-refractivity contribution in [3.63, 3.8) is 0 Å². The van der Waals surface area contributed by atoms with Crippen molar-refractivity contribution < 1.29 is 4.74 Å². The Bertz CT molecular complexity index is 234. The first-order valence-electron chi connectivity index (χ1n) is 8.31. The smallest absolute Gasteiger partial charge is 0.0643 e. The fraction of sp³-hybridized carbons (Fsp3) is 0.882. The molecule has 0 amide bonds. The van der Waals surface area contributed by atoms with E-state index in [1.165, 1.54) is 70.4 Å². The van der Waals surface area contributed by atoms with E-state index in [1.807, 2.05) is 0 Å². The van der Waals surface area contributed by atoms with Crippen LogP contribution in [0.2, 0.25) is 0 Å². The first-order valence-corrected chi connectivity index (χ1v) is 9.98. The Labute approximate surface area is 120 Å². The van der Waals surface area contributed by atoms with Crippen LogP contribution in [0.1, 0.15) is 64.2 Å². The molecule has 0 aromatic heterocycles. The number of rotatable bonds is 6. The third kappa shape index (κ3) is 5.20. The van der Waals surface area contributed by atoms with Gasteiger partial charge in [-0.1, -0.05) is 58.6 Å². The molecule has 2 heteroatoms. The van der Waals surface area contributed by atoms with Crippen LogP contribution in [0.5, 0.6) is 0 Å². The highest BCUT2D eigenvalue weighted by atomic mass is 31.1. The van der Waals surface area contributed by atoms with Gasteiger partial charge in [-0.15, -0.1) is 0 Å². The second kappa shape index (κ2) is 9.14. The van der Waals surface area contributed by atoms with Crippen molar-refractivity contribution in [2.75, 3.05) is 19.9 Å². The average Bonchev–Trinajstić information content (AvgIpc) is 2.49. The van der Waals surface area contributed by atoms with Gasteiger partial charge in [0.1, 0.15) is 0 Å². The Kier molecular flexibility index (Phi) is 7.46. The molecule has 0 aromatic rings. The molecule has 2 fully saturated rings. The van der Waals surface area contributed by atoms with Crippen LogP contribution in [0.3, 0.4) is 0 Å². The van der Waals surface area contributed by atoms with Crippen LogP contribution in [0.15, 0.2) is 12.2 Å². The Morgan fingerprint density at radius 2 is 1.37 bits per heavy atom. The van der Waals surface area contributed by atoms with Crippen molar-refractivity contribution in [3.05, 3.63) is 12.2 Å². The van der Waals surface area contributed by atoms with Gasteiger partial charge >= 0.3 is 0 Å². The minimum absolute atomic E-state index is 0.244. The molecule has 0 aromatic carbocycles. The van der Waals surface area contributed by atoms with Crippen LogP contribution >= 0.6 is 7.92 Å². The van der Waals surface area contributed by atoms with Crippen LogP contribution in [0, 0.1) is 0 Å². The highest BCUT2D eigenvalue weighted by Gasteiger charge is 2.29. The molecule has 0 spiro atoms. The van der Waals surface area contributed by atoms with Crippen LogP contribution in [0.25, 0.3) is 0 Å². The largest absolute Gasteiger partial charge is 0.381 e. The van der Waals surface area contributed by atoms with Crippen molar-refractivity contribution in [1.29, 1.82) is 0 Å². The van der Waals surface area contributed by atoms with Crippen molar-refractivity contribution in [2.24, 2.45) is 0 Å². The second-order valence-electron chi connectivity index (χ2n) is 6.21. The van der Waals surface area contributed by atoms with E-state index in [1.54, 1.807) is 7.11 Å². The van der Waals surface area contributed by atoms with Gasteiger partial charge in [-0.25, -0.2) is 0 Å². The lowest BCUT2D eigenvalue weighted by molar-refractivity contribution is 0.234. The molecular weight excluding hydrogens is 251 g/mol. The van der Waals surface area contributed by atoms with Gasteiger partial charge in [-0.2, -0.15) is 0 Å². The minimum Gasteiger partial charge on any atom is -0.381 e. The van der Waals surface area contributed by atoms with Gasteiger partial charge in [0.2, 0.25) is 0 Å². The summed E-state index contributed by atoms with van der Waals surface area (Å²) in [7, 11) is 2.03. The quantitative estimate of drug-likeness (QED) is 0.472. The van der Waals surface area contributed by atoms with Crippen LogP contribution in [-0.2, 0) is 4.74 Å². The number of hydrogen-bond donors (Lipinski definition) is 0. The fourth-order valence-corrected chi connectivity index (χ4v) is 7.42. The standard InChI is InChI=1S/C17H31OP/c1-18-14-8-9-15-19(16-10-4-2-5-11-16)17-12-6-3-7-13-17/h8-9,16-17H,2-7,10-15H2,1H3. The van der Waals surface area contributed by atoms with Gasteiger partial charge in [0.05, 0.1) is 6.61 Å². The molecular formula is C17H31OP. The highest BCUT2D eigenvalue weighted by molar-refractivity contribution is 7.59. The SMILES string of the molecule is COCC=CCP(C1CCCCC1)C1CCCCC1. The lowest BCUT2D eigenvalue weighted by Crippen LogP contribution is -2.21. The Morgan fingerprint density at radius 3 is 1.84 bits per heavy atom. The van der Waals surface area contributed by atoms with Crippen molar-refractivity contribution >= 4 is 7.92 Å². The summed E-state index contributed by atoms with van der Waals surface area (Å²) in [6.45, 7) is 0.790. The molecule has 2 saturated carbocycles. The van der Waals surface area contributed by atoms with Crippen molar-refractivity contribution in [2.45, 2.75) is 75.5 Å². The van der Waals surface area contributed by atoms with Gasteiger partial charge in [0.25, 0.3) is 0 Å². The first kappa shape index (κ1) is 15.5. The summed E-state index contributed by atoms with van der Waals surface area (Å²) in [5.74, 6) is 0. The number of ether oxygens (including phenoxy) is 1. The van der Waals surface area contributed by atoms with E-state index in [0.717, 1.165) is 17.9 Å². The third-order valence-electron chi connectivity index (χ3n) is 4.83. The van der Waals surface area contributed by atoms with E-state index < -0.39 is 0 Å².